The van der Waals surface area contributed by atoms with Crippen LogP contribution in [0.2, 0.25) is 5.15 Å². The van der Waals surface area contributed by atoms with Gasteiger partial charge >= 0.3 is 0 Å². The van der Waals surface area contributed by atoms with Gasteiger partial charge in [-0.2, -0.15) is 0 Å². The molecule has 0 bridgehead atoms. The molecule has 19 heavy (non-hydrogen) atoms. The number of halogens is 1. The number of phenols is 1. The molecular formula is C13H12ClN3O2. The molecule has 0 unspecified atom stereocenters. The van der Waals surface area contributed by atoms with Crippen molar-refractivity contribution >= 4 is 17.5 Å². The van der Waals surface area contributed by atoms with Crippen molar-refractivity contribution in [3.05, 3.63) is 53.1 Å². The highest BCUT2D eigenvalue weighted by molar-refractivity contribution is 6.29. The molecule has 1 amide bonds. The molecule has 0 aliphatic rings. The van der Waals surface area contributed by atoms with E-state index < -0.39 is 0 Å². The third kappa shape index (κ3) is 3.42. The monoisotopic (exact) mass is 277 g/mol. The van der Waals surface area contributed by atoms with E-state index in [9.17, 15) is 9.90 Å². The first-order valence-electron chi connectivity index (χ1n) is 5.57. The van der Waals surface area contributed by atoms with E-state index in [1.165, 1.54) is 17.3 Å². The van der Waals surface area contributed by atoms with Gasteiger partial charge < -0.3 is 10.0 Å². The van der Waals surface area contributed by atoms with Crippen molar-refractivity contribution < 1.29 is 9.90 Å². The second kappa shape index (κ2) is 5.67. The number of benzene rings is 1. The topological polar surface area (TPSA) is 66.3 Å². The van der Waals surface area contributed by atoms with E-state index in [0.29, 0.717) is 6.54 Å². The Balaban J connectivity index is 2.07. The third-order valence-electron chi connectivity index (χ3n) is 2.54. The van der Waals surface area contributed by atoms with Gasteiger partial charge in [-0.15, -0.1) is 0 Å². The van der Waals surface area contributed by atoms with E-state index in [1.54, 1.807) is 31.3 Å². The van der Waals surface area contributed by atoms with Gasteiger partial charge in [0, 0.05) is 13.6 Å². The first kappa shape index (κ1) is 13.3. The zero-order chi connectivity index (χ0) is 13.8. The highest BCUT2D eigenvalue weighted by Crippen LogP contribution is 2.12. The fourth-order valence-corrected chi connectivity index (χ4v) is 1.66. The summed E-state index contributed by atoms with van der Waals surface area (Å²) in [4.78, 5) is 21.3. The average molecular weight is 278 g/mol. The number of phenolic OH excluding ortho intramolecular Hbond substituents is 1. The predicted molar refractivity (Wildman–Crippen MR) is 70.9 cm³/mol. The molecule has 2 aromatic rings. The van der Waals surface area contributed by atoms with Crippen LogP contribution >= 0.6 is 11.6 Å². The van der Waals surface area contributed by atoms with Crippen LogP contribution in [-0.2, 0) is 6.54 Å². The molecular weight excluding hydrogens is 266 g/mol. The van der Waals surface area contributed by atoms with Gasteiger partial charge in [0.1, 0.15) is 16.6 Å². The van der Waals surface area contributed by atoms with Gasteiger partial charge in [-0.1, -0.05) is 23.7 Å². The Morgan fingerprint density at radius 1 is 1.26 bits per heavy atom. The minimum Gasteiger partial charge on any atom is -0.508 e. The number of rotatable bonds is 3. The Hall–Kier alpha value is -2.14. The maximum atomic E-state index is 12.1. The summed E-state index contributed by atoms with van der Waals surface area (Å²) in [7, 11) is 1.67. The van der Waals surface area contributed by atoms with Crippen LogP contribution in [-0.4, -0.2) is 32.9 Å². The van der Waals surface area contributed by atoms with Gasteiger partial charge in [-0.25, -0.2) is 9.97 Å². The van der Waals surface area contributed by atoms with Gasteiger partial charge in [0.05, 0.1) is 12.4 Å². The normalized spacial score (nSPS) is 10.2. The molecule has 98 valence electrons. The lowest BCUT2D eigenvalue weighted by atomic mass is 10.2. The van der Waals surface area contributed by atoms with Gasteiger partial charge in [-0.05, 0) is 17.7 Å². The first-order chi connectivity index (χ1) is 9.06. The second-order valence-electron chi connectivity index (χ2n) is 4.05. The van der Waals surface area contributed by atoms with Crippen LogP contribution in [0, 0.1) is 0 Å². The molecule has 1 aromatic carbocycles. The SMILES string of the molecule is CN(Cc1ccc(O)cc1)C(=O)c1cnc(Cl)cn1. The van der Waals surface area contributed by atoms with Crippen molar-refractivity contribution in [1.82, 2.24) is 14.9 Å². The molecule has 0 radical (unpaired) electrons. The van der Waals surface area contributed by atoms with Crippen molar-refractivity contribution in [2.75, 3.05) is 7.05 Å². The summed E-state index contributed by atoms with van der Waals surface area (Å²) < 4.78 is 0. The largest absolute Gasteiger partial charge is 0.508 e. The van der Waals surface area contributed by atoms with Crippen LogP contribution in [0.25, 0.3) is 0 Å². The smallest absolute Gasteiger partial charge is 0.274 e. The van der Waals surface area contributed by atoms with Crippen LogP contribution in [0.3, 0.4) is 0 Å². The molecule has 6 heteroatoms. The molecule has 0 atom stereocenters. The molecule has 5 nitrogen and oxygen atoms in total. The Labute approximate surface area is 115 Å². The highest BCUT2D eigenvalue weighted by Gasteiger charge is 2.13. The summed E-state index contributed by atoms with van der Waals surface area (Å²) in [5.41, 5.74) is 1.15. The summed E-state index contributed by atoms with van der Waals surface area (Å²) in [6.45, 7) is 0.420. The molecule has 0 saturated heterocycles. The maximum Gasteiger partial charge on any atom is 0.274 e. The number of aromatic hydroxyl groups is 1. The van der Waals surface area contributed by atoms with E-state index in [0.717, 1.165) is 5.56 Å². The minimum absolute atomic E-state index is 0.196. The molecule has 1 heterocycles. The van der Waals surface area contributed by atoms with E-state index in [1.807, 2.05) is 0 Å². The summed E-state index contributed by atoms with van der Waals surface area (Å²) in [6, 6.07) is 6.67. The maximum absolute atomic E-state index is 12.1. The number of amides is 1. The van der Waals surface area contributed by atoms with Gasteiger partial charge in [0.2, 0.25) is 0 Å². The fourth-order valence-electron chi connectivity index (χ4n) is 1.57. The Bertz CT molecular complexity index is 569. The summed E-state index contributed by atoms with van der Waals surface area (Å²) in [5.74, 6) is -0.0430. The van der Waals surface area contributed by atoms with Gasteiger partial charge in [-0.3, -0.25) is 4.79 Å². The van der Waals surface area contributed by atoms with E-state index >= 15 is 0 Å². The van der Waals surface area contributed by atoms with Crippen molar-refractivity contribution in [1.29, 1.82) is 0 Å². The lowest BCUT2D eigenvalue weighted by Crippen LogP contribution is -2.27. The Kier molecular flexibility index (Phi) is 3.97. The van der Waals surface area contributed by atoms with Crippen LogP contribution in [0.4, 0.5) is 0 Å². The Morgan fingerprint density at radius 2 is 1.95 bits per heavy atom. The quantitative estimate of drug-likeness (QED) is 0.933. The first-order valence-corrected chi connectivity index (χ1v) is 5.95. The molecule has 2 rings (SSSR count). The summed E-state index contributed by atoms with van der Waals surface area (Å²) in [5, 5.41) is 9.44. The van der Waals surface area contributed by atoms with Crippen molar-refractivity contribution in [2.45, 2.75) is 6.54 Å². The lowest BCUT2D eigenvalue weighted by Gasteiger charge is -2.16. The van der Waals surface area contributed by atoms with Crippen LogP contribution in [0.5, 0.6) is 5.75 Å². The van der Waals surface area contributed by atoms with Crippen LogP contribution < -0.4 is 0 Å². The van der Waals surface area contributed by atoms with Crippen LogP contribution in [0.15, 0.2) is 36.7 Å². The number of hydrogen-bond acceptors (Lipinski definition) is 4. The van der Waals surface area contributed by atoms with Crippen molar-refractivity contribution in [2.24, 2.45) is 0 Å². The van der Waals surface area contributed by atoms with E-state index in [-0.39, 0.29) is 22.5 Å². The average Bonchev–Trinajstić information content (AvgIpc) is 2.41. The fraction of sp³-hybridized carbons (Fsp3) is 0.154. The third-order valence-corrected chi connectivity index (χ3v) is 2.74. The molecule has 0 aliphatic heterocycles. The number of nitrogens with zero attached hydrogens (tertiary/aromatic N) is 3. The molecule has 0 spiro atoms. The number of carbonyl (C=O) groups is 1. The van der Waals surface area contributed by atoms with Gasteiger partial charge in [0.15, 0.2) is 0 Å². The van der Waals surface area contributed by atoms with Crippen molar-refractivity contribution in [3.8, 4) is 5.75 Å². The minimum atomic E-state index is -0.239. The number of hydrogen-bond donors (Lipinski definition) is 1. The standard InChI is InChI=1S/C13H12ClN3O2/c1-17(8-9-2-4-10(18)5-3-9)13(19)11-6-16-12(14)7-15-11/h2-7,18H,8H2,1H3. The summed E-state index contributed by atoms with van der Waals surface area (Å²) in [6.07, 6.45) is 2.68. The van der Waals surface area contributed by atoms with Gasteiger partial charge in [0.25, 0.3) is 5.91 Å². The molecule has 0 aliphatic carbocycles. The predicted octanol–water partition coefficient (Wildman–Crippen LogP) is 2.11. The lowest BCUT2D eigenvalue weighted by molar-refractivity contribution is 0.0779. The molecule has 1 N–H and O–H groups in total. The zero-order valence-corrected chi connectivity index (χ0v) is 11.0. The van der Waals surface area contributed by atoms with Crippen LogP contribution in [0.1, 0.15) is 16.1 Å². The van der Waals surface area contributed by atoms with Crippen molar-refractivity contribution in [3.63, 3.8) is 0 Å². The number of aromatic nitrogens is 2. The Morgan fingerprint density at radius 3 is 2.53 bits per heavy atom. The molecule has 0 saturated carbocycles. The summed E-state index contributed by atoms with van der Waals surface area (Å²) >= 11 is 5.62. The second-order valence-corrected chi connectivity index (χ2v) is 4.44. The number of carbonyl (C=O) groups excluding carboxylic acids is 1. The van der Waals surface area contributed by atoms with E-state index in [4.69, 9.17) is 11.6 Å². The van der Waals surface area contributed by atoms with E-state index in [2.05, 4.69) is 9.97 Å². The molecule has 1 aromatic heterocycles. The molecule has 0 fully saturated rings. The highest BCUT2D eigenvalue weighted by atomic mass is 35.5. The zero-order valence-electron chi connectivity index (χ0n) is 10.2.